The molecule has 168 valence electrons. The first-order chi connectivity index (χ1) is 15.6. The molecule has 0 saturated carbocycles. The van der Waals surface area contributed by atoms with Gasteiger partial charge in [0.05, 0.1) is 19.6 Å². The van der Waals surface area contributed by atoms with Gasteiger partial charge in [-0.1, -0.05) is 35.9 Å². The Balaban J connectivity index is 1.66. The lowest BCUT2D eigenvalue weighted by Crippen LogP contribution is -2.37. The number of fused-ring (bicyclic) bond motifs is 2. The highest BCUT2D eigenvalue weighted by molar-refractivity contribution is 7.13. The second-order valence-corrected chi connectivity index (χ2v) is 9.05. The van der Waals surface area contributed by atoms with Crippen molar-refractivity contribution >= 4 is 41.1 Å². The van der Waals surface area contributed by atoms with Crippen molar-refractivity contribution in [2.45, 2.75) is 39.5 Å². The van der Waals surface area contributed by atoms with Crippen LogP contribution in [0.3, 0.4) is 0 Å². The van der Waals surface area contributed by atoms with Crippen LogP contribution in [-0.4, -0.2) is 43.3 Å². The Morgan fingerprint density at radius 1 is 1.00 bits per heavy atom. The van der Waals surface area contributed by atoms with E-state index in [-0.39, 0.29) is 12.1 Å². The number of likely N-dealkylation sites (tertiary alicyclic amines) is 1. The molecule has 1 aromatic carbocycles. The molecule has 0 unspecified atom stereocenters. The van der Waals surface area contributed by atoms with E-state index in [0.717, 1.165) is 12.8 Å². The molecule has 4 rings (SSSR count). The number of rotatable bonds is 5. The van der Waals surface area contributed by atoms with Gasteiger partial charge in [-0.2, -0.15) is 0 Å². The van der Waals surface area contributed by atoms with E-state index >= 15 is 0 Å². The van der Waals surface area contributed by atoms with Crippen molar-refractivity contribution in [2.24, 2.45) is 0 Å². The van der Waals surface area contributed by atoms with Gasteiger partial charge >= 0.3 is 12.1 Å². The van der Waals surface area contributed by atoms with Crippen molar-refractivity contribution in [3.05, 3.63) is 62.3 Å². The Kier molecular flexibility index (Phi) is 7.10. The summed E-state index contributed by atoms with van der Waals surface area (Å²) in [6, 6.07) is 10.7. The van der Waals surface area contributed by atoms with E-state index in [2.05, 4.69) is 42.5 Å². The number of hydrogen-bond acceptors (Lipinski definition) is 5. The Morgan fingerprint density at radius 2 is 1.75 bits per heavy atom. The quantitative estimate of drug-likeness (QED) is 0.461. The molecule has 0 N–H and O–H groups in total. The van der Waals surface area contributed by atoms with Gasteiger partial charge in [-0.3, -0.25) is 4.79 Å². The maximum atomic E-state index is 12.2. The first-order valence-corrected chi connectivity index (χ1v) is 12.1. The second-order valence-electron chi connectivity index (χ2n) is 7.88. The molecule has 2 aliphatic rings. The lowest BCUT2D eigenvalue weighted by atomic mass is 9.87. The number of nitrogens with zero attached hydrogens (tertiary/aromatic N) is 1. The number of thiophene rings is 1. The highest BCUT2D eigenvalue weighted by Crippen LogP contribution is 2.42. The van der Waals surface area contributed by atoms with Crippen LogP contribution in [0.5, 0.6) is 0 Å². The van der Waals surface area contributed by atoms with Gasteiger partial charge < -0.3 is 14.4 Å². The minimum Gasteiger partial charge on any atom is -0.466 e. The number of esters is 1. The number of ether oxygens (including phenoxy) is 2. The van der Waals surface area contributed by atoms with Gasteiger partial charge in [-0.05, 0) is 62.0 Å². The Hall–Kier alpha value is -2.86. The molecule has 1 saturated heterocycles. The van der Waals surface area contributed by atoms with E-state index in [1.165, 1.54) is 37.6 Å². The SMILES string of the molecule is CCOC(=O)CCc1cc2c(s1)C=Cc1ccccc1C2=C1CCN(C(=O)OCC)CC1. The van der Waals surface area contributed by atoms with Crippen LogP contribution in [-0.2, 0) is 20.7 Å². The van der Waals surface area contributed by atoms with Gasteiger partial charge in [0, 0.05) is 28.4 Å². The van der Waals surface area contributed by atoms with E-state index in [9.17, 15) is 9.59 Å². The number of carbonyl (C=O) groups is 2. The van der Waals surface area contributed by atoms with Crippen LogP contribution in [0, 0.1) is 0 Å². The first kappa shape index (κ1) is 22.3. The molecule has 0 atom stereocenters. The van der Waals surface area contributed by atoms with Gasteiger partial charge in [0.2, 0.25) is 0 Å². The first-order valence-electron chi connectivity index (χ1n) is 11.3. The summed E-state index contributed by atoms with van der Waals surface area (Å²) in [6.45, 7) is 5.82. The highest BCUT2D eigenvalue weighted by atomic mass is 32.1. The smallest absolute Gasteiger partial charge is 0.409 e. The minimum absolute atomic E-state index is 0.151. The van der Waals surface area contributed by atoms with Crippen LogP contribution >= 0.6 is 11.3 Å². The van der Waals surface area contributed by atoms with Crippen LogP contribution in [0.4, 0.5) is 4.79 Å². The Labute approximate surface area is 193 Å². The molecule has 0 spiro atoms. The lowest BCUT2D eigenvalue weighted by molar-refractivity contribution is -0.143. The predicted octanol–water partition coefficient (Wildman–Crippen LogP) is 5.78. The number of aryl methyl sites for hydroxylation is 1. The van der Waals surface area contributed by atoms with E-state index in [1.54, 1.807) is 16.2 Å². The van der Waals surface area contributed by atoms with E-state index in [4.69, 9.17) is 9.47 Å². The summed E-state index contributed by atoms with van der Waals surface area (Å²) < 4.78 is 10.3. The average Bonchev–Trinajstić information content (AvgIpc) is 3.14. The van der Waals surface area contributed by atoms with Crippen molar-refractivity contribution in [3.63, 3.8) is 0 Å². The van der Waals surface area contributed by atoms with E-state index in [0.29, 0.717) is 39.1 Å². The van der Waals surface area contributed by atoms with Crippen LogP contribution in [0.15, 0.2) is 35.9 Å². The molecule has 2 heterocycles. The van der Waals surface area contributed by atoms with Crippen LogP contribution in [0.2, 0.25) is 0 Å². The molecule has 1 amide bonds. The van der Waals surface area contributed by atoms with Gasteiger partial charge in [0.1, 0.15) is 0 Å². The van der Waals surface area contributed by atoms with Crippen LogP contribution < -0.4 is 0 Å². The maximum absolute atomic E-state index is 12.2. The number of carbonyl (C=O) groups excluding carboxylic acids is 2. The molecule has 1 aliphatic heterocycles. The molecule has 6 heteroatoms. The predicted molar refractivity (Wildman–Crippen MR) is 128 cm³/mol. The summed E-state index contributed by atoms with van der Waals surface area (Å²) in [4.78, 5) is 28.2. The summed E-state index contributed by atoms with van der Waals surface area (Å²) in [7, 11) is 0. The molecule has 1 aliphatic carbocycles. The third kappa shape index (κ3) is 4.80. The largest absolute Gasteiger partial charge is 0.466 e. The molecule has 1 aromatic heterocycles. The molecule has 0 bridgehead atoms. The van der Waals surface area contributed by atoms with E-state index in [1.807, 2.05) is 13.8 Å². The number of benzene rings is 1. The molecule has 5 nitrogen and oxygen atoms in total. The Bertz CT molecular complexity index is 1060. The van der Waals surface area contributed by atoms with Crippen LogP contribution in [0.25, 0.3) is 17.7 Å². The summed E-state index contributed by atoms with van der Waals surface area (Å²) in [5, 5.41) is 0. The topological polar surface area (TPSA) is 55.8 Å². The van der Waals surface area contributed by atoms with Crippen molar-refractivity contribution in [1.29, 1.82) is 0 Å². The zero-order chi connectivity index (χ0) is 22.5. The van der Waals surface area contributed by atoms with Gasteiger partial charge in [0.15, 0.2) is 0 Å². The van der Waals surface area contributed by atoms with Crippen molar-refractivity contribution < 1.29 is 19.1 Å². The summed E-state index contributed by atoms with van der Waals surface area (Å²) >= 11 is 1.75. The molecular formula is C26H29NO4S. The monoisotopic (exact) mass is 451 g/mol. The molecule has 0 radical (unpaired) electrons. The third-order valence-corrected chi connectivity index (χ3v) is 7.01. The standard InChI is InChI=1S/C26H29NO4S/c1-3-30-24(28)12-10-20-17-22-23(32-20)11-9-18-7-5-6-8-21(18)25(22)19-13-15-27(16-14-19)26(29)31-4-2/h5-9,11,17H,3-4,10,12-16H2,1-2H3. The van der Waals surface area contributed by atoms with Crippen molar-refractivity contribution in [3.8, 4) is 0 Å². The highest BCUT2D eigenvalue weighted by Gasteiger charge is 2.26. The van der Waals surface area contributed by atoms with Gasteiger partial charge in [-0.25, -0.2) is 4.79 Å². The summed E-state index contributed by atoms with van der Waals surface area (Å²) in [6.07, 6.45) is 6.89. The molecule has 32 heavy (non-hydrogen) atoms. The van der Waals surface area contributed by atoms with Gasteiger partial charge in [0.25, 0.3) is 0 Å². The van der Waals surface area contributed by atoms with E-state index < -0.39 is 0 Å². The molecule has 1 fully saturated rings. The summed E-state index contributed by atoms with van der Waals surface area (Å²) in [5.41, 5.74) is 6.33. The molecule has 2 aromatic rings. The minimum atomic E-state index is -0.225. The Morgan fingerprint density at radius 3 is 2.50 bits per heavy atom. The third-order valence-electron chi connectivity index (χ3n) is 5.85. The van der Waals surface area contributed by atoms with Crippen molar-refractivity contribution in [1.82, 2.24) is 4.90 Å². The number of hydrogen-bond donors (Lipinski definition) is 0. The maximum Gasteiger partial charge on any atom is 0.409 e. The fourth-order valence-electron chi connectivity index (χ4n) is 4.34. The fourth-order valence-corrected chi connectivity index (χ4v) is 5.41. The summed E-state index contributed by atoms with van der Waals surface area (Å²) in [5.74, 6) is -0.151. The fraction of sp³-hybridized carbons (Fsp3) is 0.385. The zero-order valence-corrected chi connectivity index (χ0v) is 19.5. The normalized spacial score (nSPS) is 15.1. The second kappa shape index (κ2) is 10.2. The van der Waals surface area contributed by atoms with Crippen LogP contribution in [0.1, 0.15) is 59.6 Å². The zero-order valence-electron chi connectivity index (χ0n) is 18.7. The number of piperidine rings is 1. The average molecular weight is 452 g/mol. The molecular weight excluding hydrogens is 422 g/mol. The lowest BCUT2D eigenvalue weighted by Gasteiger charge is -2.29. The van der Waals surface area contributed by atoms with Gasteiger partial charge in [-0.15, -0.1) is 11.3 Å². The van der Waals surface area contributed by atoms with Crippen molar-refractivity contribution in [2.75, 3.05) is 26.3 Å². The number of amides is 1.